The largest absolute Gasteiger partial charge is 0.492 e. The van der Waals surface area contributed by atoms with Gasteiger partial charge in [0.15, 0.2) is 0 Å². The molecule has 0 saturated carbocycles. The molecule has 0 aliphatic rings. The first-order valence-electron chi connectivity index (χ1n) is 5.72. The van der Waals surface area contributed by atoms with Crippen LogP contribution in [0.4, 0.5) is 5.69 Å². The van der Waals surface area contributed by atoms with Gasteiger partial charge in [-0.2, -0.15) is 0 Å². The Morgan fingerprint density at radius 1 is 1.11 bits per heavy atom. The van der Waals surface area contributed by atoms with Gasteiger partial charge >= 0.3 is 0 Å². The van der Waals surface area contributed by atoms with Crippen LogP contribution in [0, 0.1) is 0 Å². The fourth-order valence-electron chi connectivity index (χ4n) is 1.54. The Balaban J connectivity index is 1.82. The summed E-state index contributed by atoms with van der Waals surface area (Å²) in [6, 6.07) is 13.0. The molecular formula is C14H12BrCl2NO. The summed E-state index contributed by atoms with van der Waals surface area (Å²) in [6.07, 6.45) is 0. The van der Waals surface area contributed by atoms with Crippen molar-refractivity contribution in [3.63, 3.8) is 0 Å². The third-order valence-electron chi connectivity index (χ3n) is 2.41. The van der Waals surface area contributed by atoms with Crippen LogP contribution < -0.4 is 10.1 Å². The van der Waals surface area contributed by atoms with Crippen molar-refractivity contribution in [3.8, 4) is 5.75 Å². The van der Waals surface area contributed by atoms with E-state index in [-0.39, 0.29) is 0 Å². The quantitative estimate of drug-likeness (QED) is 0.735. The Morgan fingerprint density at radius 2 is 1.95 bits per heavy atom. The molecule has 0 aliphatic carbocycles. The molecule has 0 bridgehead atoms. The number of halogens is 3. The van der Waals surface area contributed by atoms with Gasteiger partial charge in [-0.05, 0) is 36.4 Å². The number of ether oxygens (including phenoxy) is 1. The lowest BCUT2D eigenvalue weighted by Crippen LogP contribution is -2.11. The Hall–Kier alpha value is -0.900. The zero-order valence-corrected chi connectivity index (χ0v) is 13.1. The monoisotopic (exact) mass is 359 g/mol. The molecule has 0 fully saturated rings. The lowest BCUT2D eigenvalue weighted by atomic mass is 10.3. The number of hydrogen-bond donors (Lipinski definition) is 1. The van der Waals surface area contributed by atoms with E-state index in [0.29, 0.717) is 23.2 Å². The number of nitrogens with one attached hydrogen (secondary N) is 1. The second kappa shape index (κ2) is 7.04. The van der Waals surface area contributed by atoms with Gasteiger partial charge < -0.3 is 10.1 Å². The first-order valence-corrected chi connectivity index (χ1v) is 7.27. The van der Waals surface area contributed by atoms with Gasteiger partial charge in [-0.25, -0.2) is 0 Å². The third kappa shape index (κ3) is 4.60. The molecule has 2 rings (SSSR count). The van der Waals surface area contributed by atoms with Gasteiger partial charge in [0.2, 0.25) is 0 Å². The molecule has 0 unspecified atom stereocenters. The van der Waals surface area contributed by atoms with Crippen molar-refractivity contribution in [2.45, 2.75) is 0 Å². The lowest BCUT2D eigenvalue weighted by molar-refractivity contribution is 0.332. The molecule has 2 nitrogen and oxygen atoms in total. The van der Waals surface area contributed by atoms with Crippen LogP contribution in [0.25, 0.3) is 0 Å². The zero-order valence-electron chi connectivity index (χ0n) is 10.00. The van der Waals surface area contributed by atoms with Crippen molar-refractivity contribution in [2.75, 3.05) is 18.5 Å². The maximum absolute atomic E-state index is 6.04. The van der Waals surface area contributed by atoms with Crippen LogP contribution in [0.2, 0.25) is 10.0 Å². The van der Waals surface area contributed by atoms with Gasteiger partial charge in [-0.1, -0.05) is 45.2 Å². The zero-order chi connectivity index (χ0) is 13.7. The van der Waals surface area contributed by atoms with E-state index in [1.165, 1.54) is 0 Å². The molecule has 0 atom stereocenters. The second-order valence-electron chi connectivity index (χ2n) is 3.86. The molecule has 0 amide bonds. The minimum Gasteiger partial charge on any atom is -0.492 e. The highest BCUT2D eigenvalue weighted by atomic mass is 79.9. The third-order valence-corrected chi connectivity index (χ3v) is 3.47. The van der Waals surface area contributed by atoms with Crippen LogP contribution in [0.5, 0.6) is 5.75 Å². The second-order valence-corrected chi connectivity index (χ2v) is 5.62. The van der Waals surface area contributed by atoms with Crippen LogP contribution in [0.15, 0.2) is 46.9 Å². The fourth-order valence-corrected chi connectivity index (χ4v) is 2.28. The van der Waals surface area contributed by atoms with E-state index in [0.717, 1.165) is 15.9 Å². The Labute approximate surface area is 130 Å². The van der Waals surface area contributed by atoms with Gasteiger partial charge in [-0.3, -0.25) is 0 Å². The van der Waals surface area contributed by atoms with Crippen LogP contribution in [-0.4, -0.2) is 13.2 Å². The van der Waals surface area contributed by atoms with Gasteiger partial charge in [0.25, 0.3) is 0 Å². The number of rotatable bonds is 5. The molecule has 5 heteroatoms. The SMILES string of the molecule is Clc1ccc(Cl)c(NCCOc2cccc(Br)c2)c1. The number of anilines is 1. The van der Waals surface area contributed by atoms with Gasteiger partial charge in [0.1, 0.15) is 12.4 Å². The standard InChI is InChI=1S/C14H12BrCl2NO/c15-10-2-1-3-12(8-10)19-7-6-18-14-9-11(16)4-5-13(14)17/h1-5,8-9,18H,6-7H2. The van der Waals surface area contributed by atoms with Crippen LogP contribution in [0.1, 0.15) is 0 Å². The maximum atomic E-state index is 6.04. The molecule has 100 valence electrons. The Bertz CT molecular complexity index is 563. The normalized spacial score (nSPS) is 10.3. The first-order chi connectivity index (χ1) is 9.15. The van der Waals surface area contributed by atoms with Crippen molar-refractivity contribution in [2.24, 2.45) is 0 Å². The van der Waals surface area contributed by atoms with Crippen molar-refractivity contribution in [1.82, 2.24) is 0 Å². The van der Waals surface area contributed by atoms with Gasteiger partial charge in [-0.15, -0.1) is 0 Å². The summed E-state index contributed by atoms with van der Waals surface area (Å²) >= 11 is 15.4. The molecule has 1 N–H and O–H groups in total. The lowest BCUT2D eigenvalue weighted by Gasteiger charge is -2.10. The van der Waals surface area contributed by atoms with Crippen molar-refractivity contribution < 1.29 is 4.74 Å². The predicted molar refractivity (Wildman–Crippen MR) is 84.6 cm³/mol. The molecule has 2 aromatic rings. The summed E-state index contributed by atoms with van der Waals surface area (Å²) in [4.78, 5) is 0. The highest BCUT2D eigenvalue weighted by Gasteiger charge is 2.00. The van der Waals surface area contributed by atoms with E-state index in [1.807, 2.05) is 24.3 Å². The summed E-state index contributed by atoms with van der Waals surface area (Å²) < 4.78 is 6.61. The molecule has 0 radical (unpaired) electrons. The molecular weight excluding hydrogens is 349 g/mol. The molecule has 0 saturated heterocycles. The average molecular weight is 361 g/mol. The van der Waals surface area contributed by atoms with E-state index in [2.05, 4.69) is 21.2 Å². The maximum Gasteiger partial charge on any atom is 0.120 e. The smallest absolute Gasteiger partial charge is 0.120 e. The minimum absolute atomic E-state index is 0.541. The van der Waals surface area contributed by atoms with Crippen molar-refractivity contribution in [1.29, 1.82) is 0 Å². The van der Waals surface area contributed by atoms with Crippen LogP contribution >= 0.6 is 39.1 Å². The highest BCUT2D eigenvalue weighted by molar-refractivity contribution is 9.10. The number of benzene rings is 2. The van der Waals surface area contributed by atoms with E-state index in [9.17, 15) is 0 Å². The van der Waals surface area contributed by atoms with Crippen molar-refractivity contribution >= 4 is 44.8 Å². The summed E-state index contributed by atoms with van der Waals surface area (Å²) in [5, 5.41) is 4.48. The first kappa shape index (κ1) is 14.5. The van der Waals surface area contributed by atoms with E-state index < -0.39 is 0 Å². The molecule has 0 aliphatic heterocycles. The van der Waals surface area contributed by atoms with Crippen molar-refractivity contribution in [3.05, 3.63) is 57.0 Å². The molecule has 2 aromatic carbocycles. The average Bonchev–Trinajstić information content (AvgIpc) is 2.39. The Kier molecular flexibility index (Phi) is 5.37. The predicted octanol–water partition coefficient (Wildman–Crippen LogP) is 5.25. The summed E-state index contributed by atoms with van der Waals surface area (Å²) in [6.45, 7) is 1.19. The van der Waals surface area contributed by atoms with E-state index >= 15 is 0 Å². The number of hydrogen-bond acceptors (Lipinski definition) is 2. The topological polar surface area (TPSA) is 21.3 Å². The molecule has 19 heavy (non-hydrogen) atoms. The fraction of sp³-hybridized carbons (Fsp3) is 0.143. The summed E-state index contributed by atoms with van der Waals surface area (Å²) in [5.41, 5.74) is 0.812. The summed E-state index contributed by atoms with van der Waals surface area (Å²) in [5.74, 6) is 0.827. The minimum atomic E-state index is 0.541. The van der Waals surface area contributed by atoms with Crippen LogP contribution in [-0.2, 0) is 0 Å². The van der Waals surface area contributed by atoms with E-state index in [4.69, 9.17) is 27.9 Å². The Morgan fingerprint density at radius 3 is 2.74 bits per heavy atom. The molecule has 0 spiro atoms. The highest BCUT2D eigenvalue weighted by Crippen LogP contribution is 2.25. The summed E-state index contributed by atoms with van der Waals surface area (Å²) in [7, 11) is 0. The molecule has 0 aromatic heterocycles. The van der Waals surface area contributed by atoms with Gasteiger partial charge in [0.05, 0.1) is 10.7 Å². The van der Waals surface area contributed by atoms with Gasteiger partial charge in [0, 0.05) is 16.0 Å². The molecule has 0 heterocycles. The van der Waals surface area contributed by atoms with E-state index in [1.54, 1.807) is 18.2 Å². The van der Waals surface area contributed by atoms with Crippen LogP contribution in [0.3, 0.4) is 0 Å².